The van der Waals surface area contributed by atoms with Gasteiger partial charge in [0.1, 0.15) is 0 Å². The summed E-state index contributed by atoms with van der Waals surface area (Å²) in [4.78, 5) is 10.9. The number of hydrogen-bond acceptors (Lipinski definition) is 1. The smallest absolute Gasteiger partial charge is 0.206 e. The number of carbonyl (C=O) groups is 1. The molecule has 0 aromatic carbocycles. The molecule has 0 radical (unpaired) electrons. The van der Waals surface area contributed by atoms with Crippen LogP contribution in [-0.4, -0.2) is 5.78 Å². The van der Waals surface area contributed by atoms with Crippen LogP contribution >= 0.6 is 0 Å². The Balaban J connectivity index is 2.13. The van der Waals surface area contributed by atoms with Crippen molar-refractivity contribution in [3.8, 4) is 11.8 Å². The highest BCUT2D eigenvalue weighted by molar-refractivity contribution is 5.98. The Hall–Kier alpha value is -0.770. The first kappa shape index (κ1) is 6.91. The highest BCUT2D eigenvalue weighted by Gasteiger charge is 2.35. The van der Waals surface area contributed by atoms with Gasteiger partial charge in [0.25, 0.3) is 0 Å². The number of hydrogen-bond donors (Lipinski definition) is 0. The van der Waals surface area contributed by atoms with Gasteiger partial charge < -0.3 is 0 Å². The molecule has 0 N–H and O–H groups in total. The van der Waals surface area contributed by atoms with Crippen LogP contribution in [-0.2, 0) is 4.79 Å². The van der Waals surface area contributed by atoms with Crippen LogP contribution in [0.1, 0.15) is 38.5 Å². The fraction of sp³-hybridized carbons (Fsp3) is 0.700. The molecule has 2 rings (SSSR count). The molecule has 1 saturated carbocycles. The van der Waals surface area contributed by atoms with Crippen LogP contribution in [0.15, 0.2) is 0 Å². The first-order valence-corrected chi connectivity index (χ1v) is 4.37. The topological polar surface area (TPSA) is 17.1 Å². The minimum absolute atomic E-state index is 0.134. The molecule has 0 aliphatic heterocycles. The highest BCUT2D eigenvalue weighted by atomic mass is 16.1. The Morgan fingerprint density at radius 1 is 1.18 bits per heavy atom. The van der Waals surface area contributed by atoms with Gasteiger partial charge in [-0.15, -0.1) is 0 Å². The third-order valence-electron chi connectivity index (χ3n) is 2.78. The molecular formula is C10H12O. The molecule has 1 nitrogen and oxygen atoms in total. The Morgan fingerprint density at radius 3 is 2.45 bits per heavy atom. The zero-order valence-corrected chi connectivity index (χ0v) is 6.65. The average molecular weight is 148 g/mol. The molecular weight excluding hydrogens is 136 g/mol. The average Bonchev–Trinajstić information content (AvgIpc) is 2.34. The van der Waals surface area contributed by atoms with E-state index in [-0.39, 0.29) is 11.2 Å². The summed E-state index contributed by atoms with van der Waals surface area (Å²) in [7, 11) is 0. The van der Waals surface area contributed by atoms with Crippen LogP contribution in [0.5, 0.6) is 0 Å². The van der Waals surface area contributed by atoms with E-state index in [1.165, 1.54) is 19.3 Å². The van der Waals surface area contributed by atoms with Crippen molar-refractivity contribution in [1.29, 1.82) is 0 Å². The second kappa shape index (κ2) is 2.37. The van der Waals surface area contributed by atoms with Crippen LogP contribution in [0, 0.1) is 17.3 Å². The molecule has 0 atom stereocenters. The van der Waals surface area contributed by atoms with Crippen LogP contribution in [0.2, 0.25) is 0 Å². The van der Waals surface area contributed by atoms with Crippen molar-refractivity contribution in [3.05, 3.63) is 0 Å². The summed E-state index contributed by atoms with van der Waals surface area (Å²) >= 11 is 0. The zero-order chi connectivity index (χ0) is 7.73. The van der Waals surface area contributed by atoms with Crippen LogP contribution < -0.4 is 0 Å². The fourth-order valence-corrected chi connectivity index (χ4v) is 2.13. The molecule has 1 heteroatoms. The molecule has 0 heterocycles. The lowest BCUT2D eigenvalue weighted by Gasteiger charge is -2.28. The van der Waals surface area contributed by atoms with E-state index >= 15 is 0 Å². The van der Waals surface area contributed by atoms with E-state index in [1.54, 1.807) is 0 Å². The van der Waals surface area contributed by atoms with E-state index in [0.717, 1.165) is 12.8 Å². The minimum atomic E-state index is 0.134. The normalized spacial score (nSPS) is 26.7. The van der Waals surface area contributed by atoms with Gasteiger partial charge in [-0.2, -0.15) is 0 Å². The SMILES string of the molecule is O=C1C#CC2(CCCCC2)C1. The second-order valence-electron chi connectivity index (χ2n) is 3.69. The van der Waals surface area contributed by atoms with Gasteiger partial charge in [0, 0.05) is 11.8 Å². The maximum absolute atomic E-state index is 10.9. The van der Waals surface area contributed by atoms with E-state index in [2.05, 4.69) is 11.8 Å². The van der Waals surface area contributed by atoms with E-state index < -0.39 is 0 Å². The molecule has 58 valence electrons. The molecule has 2 aliphatic rings. The Bertz CT molecular complexity index is 235. The Morgan fingerprint density at radius 2 is 1.91 bits per heavy atom. The van der Waals surface area contributed by atoms with Crippen molar-refractivity contribution in [1.82, 2.24) is 0 Å². The van der Waals surface area contributed by atoms with Crippen molar-refractivity contribution in [3.63, 3.8) is 0 Å². The van der Waals surface area contributed by atoms with Gasteiger partial charge in [-0.25, -0.2) is 0 Å². The van der Waals surface area contributed by atoms with Gasteiger partial charge in [-0.05, 0) is 18.8 Å². The summed E-state index contributed by atoms with van der Waals surface area (Å²) in [6, 6.07) is 0. The van der Waals surface area contributed by atoms with Gasteiger partial charge in [0.05, 0.1) is 0 Å². The van der Waals surface area contributed by atoms with Crippen LogP contribution in [0.4, 0.5) is 0 Å². The van der Waals surface area contributed by atoms with E-state index in [1.807, 2.05) is 0 Å². The lowest BCUT2D eigenvalue weighted by atomic mass is 9.74. The predicted molar refractivity (Wildman–Crippen MR) is 42.9 cm³/mol. The molecule has 0 unspecified atom stereocenters. The van der Waals surface area contributed by atoms with Crippen molar-refractivity contribution in [2.75, 3.05) is 0 Å². The molecule has 2 aliphatic carbocycles. The summed E-state index contributed by atoms with van der Waals surface area (Å²) < 4.78 is 0. The lowest BCUT2D eigenvalue weighted by molar-refractivity contribution is -0.114. The van der Waals surface area contributed by atoms with E-state index in [0.29, 0.717) is 6.42 Å². The van der Waals surface area contributed by atoms with E-state index in [4.69, 9.17) is 0 Å². The number of Topliss-reactive ketones (excluding diaryl/α,β-unsaturated/α-hetero) is 1. The molecule has 1 fully saturated rings. The quantitative estimate of drug-likeness (QED) is 0.379. The number of ketones is 1. The summed E-state index contributed by atoms with van der Waals surface area (Å²) in [5.41, 5.74) is 0.134. The molecule has 0 saturated heterocycles. The predicted octanol–water partition coefficient (Wildman–Crippen LogP) is 1.91. The molecule has 0 bridgehead atoms. The standard InChI is InChI=1S/C10H12O/c11-9-4-7-10(8-9)5-2-1-3-6-10/h1-3,5-6,8H2. The third kappa shape index (κ3) is 1.18. The summed E-state index contributed by atoms with van der Waals surface area (Å²) in [5.74, 6) is 5.97. The molecule has 0 aromatic heterocycles. The second-order valence-corrected chi connectivity index (χ2v) is 3.69. The van der Waals surface area contributed by atoms with Crippen molar-refractivity contribution in [2.45, 2.75) is 38.5 Å². The summed E-state index contributed by atoms with van der Waals surface area (Å²) in [5, 5.41) is 0. The van der Waals surface area contributed by atoms with Gasteiger partial charge in [-0.1, -0.05) is 25.2 Å². The van der Waals surface area contributed by atoms with Crippen LogP contribution in [0.3, 0.4) is 0 Å². The molecule has 11 heavy (non-hydrogen) atoms. The van der Waals surface area contributed by atoms with E-state index in [9.17, 15) is 4.79 Å². The van der Waals surface area contributed by atoms with Crippen molar-refractivity contribution >= 4 is 5.78 Å². The highest BCUT2D eigenvalue weighted by Crippen LogP contribution is 2.40. The van der Waals surface area contributed by atoms with Gasteiger partial charge in [0.15, 0.2) is 0 Å². The van der Waals surface area contributed by atoms with Gasteiger partial charge in [-0.3, -0.25) is 4.79 Å². The monoisotopic (exact) mass is 148 g/mol. The third-order valence-corrected chi connectivity index (χ3v) is 2.78. The summed E-state index contributed by atoms with van der Waals surface area (Å²) in [6.45, 7) is 0. The summed E-state index contributed by atoms with van der Waals surface area (Å²) in [6.07, 6.45) is 6.87. The van der Waals surface area contributed by atoms with Crippen molar-refractivity contribution < 1.29 is 4.79 Å². The minimum Gasteiger partial charge on any atom is -0.285 e. The first-order chi connectivity index (χ1) is 5.31. The maximum Gasteiger partial charge on any atom is 0.206 e. The molecule has 1 spiro atoms. The lowest BCUT2D eigenvalue weighted by Crippen LogP contribution is -2.21. The number of rotatable bonds is 0. The largest absolute Gasteiger partial charge is 0.285 e. The van der Waals surface area contributed by atoms with Gasteiger partial charge in [0.2, 0.25) is 5.78 Å². The Kier molecular flexibility index (Phi) is 1.49. The van der Waals surface area contributed by atoms with Gasteiger partial charge >= 0.3 is 0 Å². The maximum atomic E-state index is 10.9. The zero-order valence-electron chi connectivity index (χ0n) is 6.65. The Labute approximate surface area is 67.2 Å². The van der Waals surface area contributed by atoms with Crippen LogP contribution in [0.25, 0.3) is 0 Å². The fourth-order valence-electron chi connectivity index (χ4n) is 2.13. The molecule has 0 aromatic rings. The first-order valence-electron chi connectivity index (χ1n) is 4.37. The molecule has 0 amide bonds. The van der Waals surface area contributed by atoms with Crippen molar-refractivity contribution in [2.24, 2.45) is 5.41 Å². The number of carbonyl (C=O) groups excluding carboxylic acids is 1.